The Hall–Kier alpha value is -8.94. The van der Waals surface area contributed by atoms with Crippen molar-refractivity contribution in [2.45, 2.75) is 0 Å². The van der Waals surface area contributed by atoms with Gasteiger partial charge in [0.1, 0.15) is 0 Å². The summed E-state index contributed by atoms with van der Waals surface area (Å²) in [6.45, 7) is 0. The summed E-state index contributed by atoms with van der Waals surface area (Å²) >= 11 is 0. The lowest BCUT2D eigenvalue weighted by Gasteiger charge is -2.19. The van der Waals surface area contributed by atoms with Crippen LogP contribution in [-0.2, 0) is 0 Å². The normalized spacial score (nSPS) is 11.0. The molecule has 284 valence electrons. The first-order valence-corrected chi connectivity index (χ1v) is 17.2. The molecule has 58 heavy (non-hydrogen) atoms. The summed E-state index contributed by atoms with van der Waals surface area (Å²) in [4.78, 5) is 49.8. The molecular formula is C38H32N20. The molecule has 0 saturated carbocycles. The number of nitrogen functional groups attached to an aromatic ring is 8. The quantitative estimate of drug-likeness (QED) is 0.103. The third kappa shape index (κ3) is 7.54. The lowest BCUT2D eigenvalue weighted by atomic mass is 9.84. The van der Waals surface area contributed by atoms with Crippen LogP contribution in [0.1, 0.15) is 22.3 Å². The van der Waals surface area contributed by atoms with Gasteiger partial charge in [0.05, 0.1) is 0 Å². The first-order chi connectivity index (χ1) is 27.9. The number of hydrogen-bond acceptors (Lipinski definition) is 20. The second kappa shape index (κ2) is 14.7. The topological polar surface area (TPSA) is 363 Å². The van der Waals surface area contributed by atoms with Crippen molar-refractivity contribution in [3.8, 4) is 45.6 Å². The molecule has 0 saturated heterocycles. The van der Waals surface area contributed by atoms with Crippen LogP contribution >= 0.6 is 0 Å². The van der Waals surface area contributed by atoms with Crippen molar-refractivity contribution < 1.29 is 0 Å². The molecule has 0 aliphatic carbocycles. The van der Waals surface area contributed by atoms with E-state index >= 15 is 0 Å². The zero-order valence-electron chi connectivity index (χ0n) is 30.2. The van der Waals surface area contributed by atoms with Crippen LogP contribution in [0.5, 0.6) is 0 Å². The molecule has 8 aromatic rings. The van der Waals surface area contributed by atoms with Crippen molar-refractivity contribution in [1.82, 2.24) is 59.8 Å². The number of anilines is 8. The van der Waals surface area contributed by atoms with Gasteiger partial charge in [-0.15, -0.1) is 0 Å². The van der Waals surface area contributed by atoms with E-state index in [4.69, 9.17) is 45.9 Å². The van der Waals surface area contributed by atoms with E-state index in [1.165, 1.54) is 0 Å². The summed E-state index contributed by atoms with van der Waals surface area (Å²) in [7, 11) is 0. The Morgan fingerprint density at radius 1 is 0.224 bits per heavy atom. The minimum absolute atomic E-state index is 0.00759. The molecule has 4 heterocycles. The molecule has 0 radical (unpaired) electrons. The average Bonchev–Trinajstić information content (AvgIpc) is 3.19. The van der Waals surface area contributed by atoms with Crippen LogP contribution in [-0.4, -0.2) is 59.8 Å². The third-order valence-corrected chi connectivity index (χ3v) is 8.66. The number of hydrogen-bond donors (Lipinski definition) is 8. The molecule has 0 amide bonds. The third-order valence-electron chi connectivity index (χ3n) is 8.66. The van der Waals surface area contributed by atoms with E-state index in [2.05, 4.69) is 59.8 Å². The lowest BCUT2D eigenvalue weighted by molar-refractivity contribution is 1.09. The molecule has 0 unspecified atom stereocenters. The van der Waals surface area contributed by atoms with E-state index in [1.807, 2.05) is 97.1 Å². The number of benzene rings is 4. The van der Waals surface area contributed by atoms with Gasteiger partial charge < -0.3 is 45.9 Å². The Morgan fingerprint density at radius 2 is 0.379 bits per heavy atom. The molecule has 20 nitrogen and oxygen atoms in total. The predicted octanol–water partition coefficient (Wildman–Crippen LogP) is 2.76. The van der Waals surface area contributed by atoms with Crippen LogP contribution < -0.4 is 45.9 Å². The molecule has 0 atom stereocenters. The molecule has 4 aromatic carbocycles. The molecule has 20 heteroatoms. The minimum atomic E-state index is 0.00759. The SMILES string of the molecule is Nc1nc(N)nc(-c2ccc(C(=C(c3ccc(-c4nc(N)nc(N)n4)cc3)c3ccc(-c4nc(N)nc(N)n4)cc3)c3ccc(-c4nc(N)nc(N)n4)cc3)cc2)n1. The van der Waals surface area contributed by atoms with Gasteiger partial charge in [-0.05, 0) is 33.4 Å². The van der Waals surface area contributed by atoms with Crippen molar-refractivity contribution in [3.05, 3.63) is 119 Å². The zero-order chi connectivity index (χ0) is 40.5. The summed E-state index contributed by atoms with van der Waals surface area (Å²) in [6, 6.07) is 30.7. The van der Waals surface area contributed by atoms with Crippen LogP contribution in [0.2, 0.25) is 0 Å². The summed E-state index contributed by atoms with van der Waals surface area (Å²) < 4.78 is 0. The van der Waals surface area contributed by atoms with Gasteiger partial charge in [0.2, 0.25) is 47.6 Å². The first-order valence-electron chi connectivity index (χ1n) is 17.2. The minimum Gasteiger partial charge on any atom is -0.368 e. The molecule has 0 spiro atoms. The van der Waals surface area contributed by atoms with Crippen LogP contribution in [0.25, 0.3) is 56.7 Å². The second-order valence-electron chi connectivity index (χ2n) is 12.6. The highest BCUT2D eigenvalue weighted by atomic mass is 15.2. The van der Waals surface area contributed by atoms with Crippen molar-refractivity contribution in [3.63, 3.8) is 0 Å². The highest BCUT2D eigenvalue weighted by Crippen LogP contribution is 2.39. The molecule has 0 bridgehead atoms. The van der Waals surface area contributed by atoms with Crippen molar-refractivity contribution in [1.29, 1.82) is 0 Å². The maximum Gasteiger partial charge on any atom is 0.225 e. The molecule has 0 aliphatic heterocycles. The van der Waals surface area contributed by atoms with Crippen LogP contribution in [0.4, 0.5) is 47.6 Å². The fourth-order valence-corrected chi connectivity index (χ4v) is 6.21. The van der Waals surface area contributed by atoms with E-state index in [-0.39, 0.29) is 47.6 Å². The Balaban J connectivity index is 1.34. The van der Waals surface area contributed by atoms with Crippen LogP contribution in [0, 0.1) is 0 Å². The van der Waals surface area contributed by atoms with E-state index in [0.717, 1.165) is 33.4 Å². The van der Waals surface area contributed by atoms with Crippen molar-refractivity contribution in [2.24, 2.45) is 0 Å². The van der Waals surface area contributed by atoms with Gasteiger partial charge in [-0.3, -0.25) is 0 Å². The monoisotopic (exact) mass is 768 g/mol. The van der Waals surface area contributed by atoms with Crippen molar-refractivity contribution >= 4 is 58.7 Å². The van der Waals surface area contributed by atoms with Crippen LogP contribution in [0.3, 0.4) is 0 Å². The number of nitrogens with zero attached hydrogens (tertiary/aromatic N) is 12. The van der Waals surface area contributed by atoms with E-state index in [1.54, 1.807) is 0 Å². The van der Waals surface area contributed by atoms with Crippen LogP contribution in [0.15, 0.2) is 97.1 Å². The fourth-order valence-electron chi connectivity index (χ4n) is 6.21. The van der Waals surface area contributed by atoms with Gasteiger partial charge in [0.25, 0.3) is 0 Å². The number of aromatic nitrogens is 12. The van der Waals surface area contributed by atoms with Gasteiger partial charge in [-0.1, -0.05) is 97.1 Å². The van der Waals surface area contributed by atoms with Gasteiger partial charge in [-0.2, -0.15) is 59.8 Å². The lowest BCUT2D eigenvalue weighted by Crippen LogP contribution is -2.05. The molecule has 4 aromatic heterocycles. The van der Waals surface area contributed by atoms with E-state index < -0.39 is 0 Å². The van der Waals surface area contributed by atoms with E-state index in [0.29, 0.717) is 45.6 Å². The van der Waals surface area contributed by atoms with Gasteiger partial charge in [-0.25, -0.2) is 0 Å². The van der Waals surface area contributed by atoms with Gasteiger partial charge >= 0.3 is 0 Å². The second-order valence-corrected chi connectivity index (χ2v) is 12.6. The Kier molecular flexibility index (Phi) is 9.15. The van der Waals surface area contributed by atoms with E-state index in [9.17, 15) is 0 Å². The number of rotatable bonds is 8. The molecule has 0 fully saturated rings. The zero-order valence-corrected chi connectivity index (χ0v) is 30.2. The molecule has 0 aliphatic rings. The van der Waals surface area contributed by atoms with Crippen molar-refractivity contribution in [2.75, 3.05) is 45.9 Å². The summed E-state index contributed by atoms with van der Waals surface area (Å²) in [6.07, 6.45) is 0. The van der Waals surface area contributed by atoms with Gasteiger partial charge in [0.15, 0.2) is 23.3 Å². The molecule has 8 rings (SSSR count). The highest BCUT2D eigenvalue weighted by molar-refractivity contribution is 6.05. The summed E-state index contributed by atoms with van der Waals surface area (Å²) in [5, 5.41) is 0. The molecular weight excluding hydrogens is 737 g/mol. The fraction of sp³-hybridized carbons (Fsp3) is 0. The number of nitrogens with two attached hydrogens (primary N) is 8. The first kappa shape index (κ1) is 36.1. The largest absolute Gasteiger partial charge is 0.368 e. The summed E-state index contributed by atoms with van der Waals surface area (Å²) in [5.41, 5.74) is 54.8. The Labute approximate surface area is 328 Å². The standard InChI is InChI=1S/C38H32N20/c39-31-47-27(48-32(40)55-31)21-9-1-17(2-10-21)25(18-3-11-22(12-4-18)28-49-33(41)56-34(42)50-28)26(19-5-13-23(14-6-19)29-51-35(43)57-36(44)52-29)20-7-15-24(16-8-20)30-53-37(45)58-38(46)54-30/h1-16H,(H4,39,40,47,48,55)(H4,41,42,49,50,56)(H4,43,44,51,52,57)(H4,45,46,53,54,58). The Morgan fingerprint density at radius 3 is 0.534 bits per heavy atom. The summed E-state index contributed by atoms with van der Waals surface area (Å²) in [5.74, 6) is 1.37. The Bertz CT molecular complexity index is 2370. The van der Waals surface area contributed by atoms with Gasteiger partial charge in [0, 0.05) is 22.3 Å². The molecule has 16 N–H and O–H groups in total. The smallest absolute Gasteiger partial charge is 0.225 e. The average molecular weight is 769 g/mol. The predicted molar refractivity (Wildman–Crippen MR) is 221 cm³/mol. The maximum absolute atomic E-state index is 5.89. The highest BCUT2D eigenvalue weighted by Gasteiger charge is 2.19. The maximum atomic E-state index is 5.89.